The Balaban J connectivity index is 1.99. The Morgan fingerprint density at radius 2 is 1.88 bits per heavy atom. The van der Waals surface area contributed by atoms with Gasteiger partial charge in [0.2, 0.25) is 0 Å². The summed E-state index contributed by atoms with van der Waals surface area (Å²) in [7, 11) is 1.48. The molecule has 0 bridgehead atoms. The first-order valence-corrected chi connectivity index (χ1v) is 7.56. The van der Waals surface area contributed by atoms with Crippen molar-refractivity contribution in [3.05, 3.63) is 64.0 Å². The fraction of sp³-hybridized carbons (Fsp3) is 0.0625. The summed E-state index contributed by atoms with van der Waals surface area (Å²) in [6.45, 7) is 0. The van der Waals surface area contributed by atoms with Gasteiger partial charge in [0.25, 0.3) is 17.5 Å². The molecule has 0 atom stereocenters. The molecule has 1 fully saturated rings. The van der Waals surface area contributed by atoms with Crippen molar-refractivity contribution in [3.63, 3.8) is 0 Å². The highest BCUT2D eigenvalue weighted by Crippen LogP contribution is 2.20. The van der Waals surface area contributed by atoms with Crippen LogP contribution in [0, 0.1) is 10.1 Å². The van der Waals surface area contributed by atoms with Gasteiger partial charge in [-0.2, -0.15) is 0 Å². The smallest absolute Gasteiger partial charge is 0.269 e. The van der Waals surface area contributed by atoms with Gasteiger partial charge in [0.1, 0.15) is 5.57 Å². The number of rotatable bonds is 3. The Morgan fingerprint density at radius 1 is 1.20 bits per heavy atom. The molecule has 1 aliphatic heterocycles. The average molecular weight is 356 g/mol. The topological polar surface area (TPSA) is 97.5 Å². The Morgan fingerprint density at radius 3 is 2.52 bits per heavy atom. The minimum Gasteiger partial charge on any atom is -0.317 e. The zero-order valence-electron chi connectivity index (χ0n) is 13.0. The van der Waals surface area contributed by atoms with Crippen molar-refractivity contribution >= 4 is 40.9 Å². The molecule has 126 valence electrons. The van der Waals surface area contributed by atoms with Gasteiger partial charge < -0.3 is 4.57 Å². The first-order valence-electron chi connectivity index (χ1n) is 7.16. The van der Waals surface area contributed by atoms with Crippen LogP contribution in [0.2, 0.25) is 0 Å². The third kappa shape index (κ3) is 3.04. The molecule has 3 rings (SSSR count). The van der Waals surface area contributed by atoms with E-state index in [2.05, 4.69) is 5.32 Å². The molecular formula is C16H12N4O4S. The van der Waals surface area contributed by atoms with E-state index in [4.69, 9.17) is 12.2 Å². The zero-order valence-corrected chi connectivity index (χ0v) is 13.8. The van der Waals surface area contributed by atoms with Crippen molar-refractivity contribution in [2.24, 2.45) is 0 Å². The number of aromatic nitrogens is 1. The van der Waals surface area contributed by atoms with Gasteiger partial charge >= 0.3 is 0 Å². The molecule has 0 aliphatic carbocycles. The Kier molecular flexibility index (Phi) is 4.15. The van der Waals surface area contributed by atoms with Gasteiger partial charge in [-0.15, -0.1) is 0 Å². The first-order chi connectivity index (χ1) is 11.9. The van der Waals surface area contributed by atoms with Crippen LogP contribution >= 0.6 is 12.2 Å². The standard InChI is InChI=1S/C16H12N4O4S/c1-18-15(22)13(14(21)17-16(18)25)9-12-3-2-8-19(12)10-4-6-11(7-5-10)20(23)24/h2-9H,1H3,(H,17,21,25)/b13-9+. The summed E-state index contributed by atoms with van der Waals surface area (Å²) in [6.07, 6.45) is 3.18. The SMILES string of the molecule is CN1C(=O)/C(=C/c2cccn2-c2ccc([N+](=O)[O-])cc2)C(=O)NC1=S. The van der Waals surface area contributed by atoms with Crippen LogP contribution in [0.1, 0.15) is 5.69 Å². The van der Waals surface area contributed by atoms with E-state index in [0.717, 1.165) is 0 Å². The molecule has 1 N–H and O–H groups in total. The highest BCUT2D eigenvalue weighted by Gasteiger charge is 2.31. The normalized spacial score (nSPS) is 16.3. The van der Waals surface area contributed by atoms with E-state index in [0.29, 0.717) is 11.4 Å². The summed E-state index contributed by atoms with van der Waals surface area (Å²) in [6, 6.07) is 9.41. The quantitative estimate of drug-likeness (QED) is 0.296. The van der Waals surface area contributed by atoms with Crippen LogP contribution in [0.5, 0.6) is 0 Å². The van der Waals surface area contributed by atoms with Gasteiger partial charge in [0.05, 0.1) is 4.92 Å². The molecule has 1 aliphatic rings. The average Bonchev–Trinajstić information content (AvgIpc) is 3.05. The third-order valence-electron chi connectivity index (χ3n) is 3.72. The second-order valence-corrected chi connectivity index (χ2v) is 5.64. The molecule has 1 aromatic carbocycles. The molecule has 9 heteroatoms. The first kappa shape index (κ1) is 16.5. The number of hydrogen-bond acceptors (Lipinski definition) is 5. The molecule has 0 radical (unpaired) electrons. The fourth-order valence-electron chi connectivity index (χ4n) is 2.38. The second kappa shape index (κ2) is 6.29. The van der Waals surface area contributed by atoms with Gasteiger partial charge in [-0.3, -0.25) is 29.9 Å². The number of nitro benzene ring substituents is 1. The van der Waals surface area contributed by atoms with Crippen molar-refractivity contribution in [3.8, 4) is 5.69 Å². The lowest BCUT2D eigenvalue weighted by molar-refractivity contribution is -0.384. The molecule has 0 saturated carbocycles. The van der Waals surface area contributed by atoms with E-state index >= 15 is 0 Å². The summed E-state index contributed by atoms with van der Waals surface area (Å²) in [5.41, 5.74) is 1.18. The molecule has 8 nitrogen and oxygen atoms in total. The van der Waals surface area contributed by atoms with Crippen LogP contribution in [0.4, 0.5) is 5.69 Å². The zero-order chi connectivity index (χ0) is 18.1. The van der Waals surface area contributed by atoms with Crippen LogP contribution < -0.4 is 5.32 Å². The molecule has 0 unspecified atom stereocenters. The summed E-state index contributed by atoms with van der Waals surface area (Å²) in [4.78, 5) is 35.8. The second-order valence-electron chi connectivity index (χ2n) is 5.26. The number of non-ortho nitro benzene ring substituents is 1. The van der Waals surface area contributed by atoms with Gasteiger partial charge in [-0.25, -0.2) is 0 Å². The van der Waals surface area contributed by atoms with Gasteiger partial charge in [0.15, 0.2) is 5.11 Å². The Bertz CT molecular complexity index is 930. The number of benzene rings is 1. The highest BCUT2D eigenvalue weighted by atomic mass is 32.1. The molecular weight excluding hydrogens is 344 g/mol. The number of nitro groups is 1. The van der Waals surface area contributed by atoms with Crippen molar-refractivity contribution in [1.82, 2.24) is 14.8 Å². The number of nitrogens with zero attached hydrogens (tertiary/aromatic N) is 3. The predicted octanol–water partition coefficient (Wildman–Crippen LogP) is 1.64. The van der Waals surface area contributed by atoms with Crippen molar-refractivity contribution in [2.45, 2.75) is 0 Å². The molecule has 1 saturated heterocycles. The van der Waals surface area contributed by atoms with E-state index in [9.17, 15) is 19.7 Å². The van der Waals surface area contributed by atoms with E-state index in [1.165, 1.54) is 30.2 Å². The monoisotopic (exact) mass is 356 g/mol. The maximum absolute atomic E-state index is 12.3. The van der Waals surface area contributed by atoms with Crippen molar-refractivity contribution in [1.29, 1.82) is 0 Å². The lowest BCUT2D eigenvalue weighted by Crippen LogP contribution is -2.52. The molecule has 2 heterocycles. The van der Waals surface area contributed by atoms with Crippen LogP contribution in [0.25, 0.3) is 11.8 Å². The van der Waals surface area contributed by atoms with Gasteiger partial charge in [-0.05, 0) is 42.6 Å². The van der Waals surface area contributed by atoms with Crippen LogP contribution in [0.15, 0.2) is 48.2 Å². The lowest BCUT2D eigenvalue weighted by Gasteiger charge is -2.25. The summed E-state index contributed by atoms with van der Waals surface area (Å²) >= 11 is 4.90. The highest BCUT2D eigenvalue weighted by molar-refractivity contribution is 7.80. The molecule has 2 aromatic rings. The maximum Gasteiger partial charge on any atom is 0.269 e. The third-order valence-corrected chi connectivity index (χ3v) is 4.09. The van der Waals surface area contributed by atoms with Gasteiger partial charge in [-0.1, -0.05) is 0 Å². The molecule has 2 amide bonds. The van der Waals surface area contributed by atoms with Crippen LogP contribution in [-0.4, -0.2) is 38.4 Å². The van der Waals surface area contributed by atoms with Crippen molar-refractivity contribution < 1.29 is 14.5 Å². The number of thiocarbonyl (C=S) groups is 1. The largest absolute Gasteiger partial charge is 0.317 e. The number of carbonyl (C=O) groups is 2. The predicted molar refractivity (Wildman–Crippen MR) is 93.9 cm³/mol. The van der Waals surface area contributed by atoms with E-state index < -0.39 is 16.7 Å². The molecule has 1 aromatic heterocycles. The number of hydrogen-bond donors (Lipinski definition) is 1. The number of nitrogens with one attached hydrogen (secondary N) is 1. The van der Waals surface area contributed by atoms with E-state index in [1.54, 1.807) is 35.0 Å². The molecule has 25 heavy (non-hydrogen) atoms. The minimum atomic E-state index is -0.565. The number of carbonyl (C=O) groups excluding carboxylic acids is 2. The van der Waals surface area contributed by atoms with E-state index in [-0.39, 0.29) is 16.4 Å². The Hall–Kier alpha value is -3.33. The van der Waals surface area contributed by atoms with Crippen LogP contribution in [-0.2, 0) is 9.59 Å². The summed E-state index contributed by atoms with van der Waals surface area (Å²) in [5.74, 6) is -1.06. The lowest BCUT2D eigenvalue weighted by atomic mass is 10.1. The number of likely N-dealkylation sites (N-methyl/N-ethyl adjacent to an activating group) is 1. The Labute approximate surface area is 147 Å². The minimum absolute atomic E-state index is 0.0206. The van der Waals surface area contributed by atoms with Crippen LogP contribution in [0.3, 0.4) is 0 Å². The van der Waals surface area contributed by atoms with Gasteiger partial charge in [0, 0.05) is 36.8 Å². The van der Waals surface area contributed by atoms with Crippen molar-refractivity contribution in [2.75, 3.05) is 7.05 Å². The maximum atomic E-state index is 12.3. The number of amides is 2. The fourth-order valence-corrected chi connectivity index (χ4v) is 2.55. The molecule has 0 spiro atoms. The summed E-state index contributed by atoms with van der Waals surface area (Å²) < 4.78 is 1.71. The van der Waals surface area contributed by atoms with E-state index in [1.807, 2.05) is 0 Å². The summed E-state index contributed by atoms with van der Waals surface area (Å²) in [5, 5.41) is 13.2.